The predicted octanol–water partition coefficient (Wildman–Crippen LogP) is 4.23. The van der Waals surface area contributed by atoms with Crippen molar-refractivity contribution in [1.29, 1.82) is 0 Å². The first-order valence-corrected chi connectivity index (χ1v) is 11.0. The molecular formula is C14H13BrIN4OP. The Morgan fingerprint density at radius 2 is 2.23 bits per heavy atom. The molecule has 0 aliphatic carbocycles. The summed E-state index contributed by atoms with van der Waals surface area (Å²) in [6.07, 6.45) is 7.11. The normalized spacial score (nSPS) is 12.4. The van der Waals surface area contributed by atoms with Crippen molar-refractivity contribution < 1.29 is 4.74 Å². The minimum atomic E-state index is 0.459. The van der Waals surface area contributed by atoms with E-state index >= 15 is 0 Å². The van der Waals surface area contributed by atoms with Crippen molar-refractivity contribution in [2.45, 2.75) is 0 Å². The molecule has 1 heterocycles. The molecule has 8 heteroatoms. The summed E-state index contributed by atoms with van der Waals surface area (Å²) < 4.78 is 10.4. The smallest absolute Gasteiger partial charge is 0.128 e. The van der Waals surface area contributed by atoms with Gasteiger partial charge < -0.3 is 10.5 Å². The van der Waals surface area contributed by atoms with Gasteiger partial charge in [-0.2, -0.15) is 0 Å². The number of benzene rings is 1. The maximum Gasteiger partial charge on any atom is 0.128 e. The van der Waals surface area contributed by atoms with Crippen molar-refractivity contribution >= 4 is 56.1 Å². The van der Waals surface area contributed by atoms with Gasteiger partial charge in [-0.25, -0.2) is 4.98 Å². The van der Waals surface area contributed by atoms with Crippen molar-refractivity contribution in [3.05, 3.63) is 47.0 Å². The number of aromatic nitrogens is 2. The van der Waals surface area contributed by atoms with Crippen LogP contribution in [-0.4, -0.2) is 23.3 Å². The van der Waals surface area contributed by atoms with Crippen LogP contribution in [0.25, 0.3) is 16.8 Å². The van der Waals surface area contributed by atoms with Gasteiger partial charge in [0.05, 0.1) is 31.6 Å². The van der Waals surface area contributed by atoms with Crippen LogP contribution in [0, 0.1) is 0 Å². The van der Waals surface area contributed by atoms with Crippen LogP contribution in [-0.2, 0) is 0 Å². The van der Waals surface area contributed by atoms with Crippen LogP contribution < -0.4 is 10.5 Å². The summed E-state index contributed by atoms with van der Waals surface area (Å²) in [5, 5.41) is 0. The van der Waals surface area contributed by atoms with Crippen molar-refractivity contribution in [1.82, 2.24) is 9.97 Å². The molecule has 1 atom stereocenters. The third kappa shape index (κ3) is 4.24. The number of rotatable bonds is 5. The Labute approximate surface area is 151 Å². The number of ether oxygens (including phenoxy) is 1. The van der Waals surface area contributed by atoms with Crippen LogP contribution in [0.2, 0.25) is 0 Å². The molecule has 114 valence electrons. The maximum atomic E-state index is 5.68. The van der Waals surface area contributed by atoms with E-state index in [4.69, 9.17) is 10.5 Å². The van der Waals surface area contributed by atoms with Crippen molar-refractivity contribution in [2.75, 3.05) is 7.11 Å². The fraction of sp³-hybridized carbons (Fsp3) is 0.0714. The Bertz CT molecular complexity index is 706. The Morgan fingerprint density at radius 1 is 1.41 bits per heavy atom. The molecule has 1 aromatic heterocycles. The molecule has 2 aromatic rings. The Morgan fingerprint density at radius 3 is 2.82 bits per heavy atom. The van der Waals surface area contributed by atoms with Crippen molar-refractivity contribution in [3.63, 3.8) is 0 Å². The molecule has 2 N–H and O–H groups in total. The van der Waals surface area contributed by atoms with E-state index in [1.807, 2.05) is 18.2 Å². The van der Waals surface area contributed by atoms with Gasteiger partial charge in [-0.15, -0.1) is 0 Å². The average molecular weight is 491 g/mol. The zero-order valence-electron chi connectivity index (χ0n) is 11.6. The van der Waals surface area contributed by atoms with Gasteiger partial charge in [0.15, 0.2) is 0 Å². The summed E-state index contributed by atoms with van der Waals surface area (Å²) in [5.74, 6) is 0.707. The summed E-state index contributed by atoms with van der Waals surface area (Å²) in [4.78, 5) is 8.54. The number of hydrogen-bond donors (Lipinski definition) is 1. The standard InChI is InChI=1S/C14H13BrIN4OP/c1-21-13-4-9(10(5-17)6-20-22-16)2-3-11(13)12-7-19-14(15)8-18-12/h2-8,22H,17H2,1H3/b10-5+,20-6+. The SMILES string of the molecule is COc1cc(C(=C/N)/C=N/PI)ccc1-c1cnc(Br)cn1. The molecule has 0 saturated carbocycles. The van der Waals surface area contributed by atoms with Gasteiger partial charge in [0.1, 0.15) is 10.4 Å². The van der Waals surface area contributed by atoms with Gasteiger partial charge in [0.25, 0.3) is 0 Å². The molecule has 0 saturated heterocycles. The van der Waals surface area contributed by atoms with Crippen LogP contribution in [0.5, 0.6) is 5.75 Å². The number of halogens is 2. The van der Waals surface area contributed by atoms with Gasteiger partial charge in [0.2, 0.25) is 0 Å². The lowest BCUT2D eigenvalue weighted by molar-refractivity contribution is 0.416. The third-order valence-corrected chi connectivity index (χ3v) is 4.33. The topological polar surface area (TPSA) is 73.4 Å². The molecule has 2 rings (SSSR count). The van der Waals surface area contributed by atoms with E-state index in [0.29, 0.717) is 16.7 Å². The summed E-state index contributed by atoms with van der Waals surface area (Å²) >= 11 is 5.48. The number of allylic oxidation sites excluding steroid dienone is 1. The quantitative estimate of drug-likeness (QED) is 0.386. The van der Waals surface area contributed by atoms with Gasteiger partial charge >= 0.3 is 0 Å². The Balaban J connectivity index is 2.43. The first-order chi connectivity index (χ1) is 10.7. The highest BCUT2D eigenvalue weighted by molar-refractivity contribution is 14.2. The highest BCUT2D eigenvalue weighted by atomic mass is 127. The molecular weight excluding hydrogens is 478 g/mol. The van der Waals surface area contributed by atoms with E-state index in [1.54, 1.807) is 25.7 Å². The highest BCUT2D eigenvalue weighted by Gasteiger charge is 2.10. The summed E-state index contributed by atoms with van der Waals surface area (Å²) in [7, 11) is 1.63. The van der Waals surface area contributed by atoms with Crippen LogP contribution in [0.1, 0.15) is 5.56 Å². The van der Waals surface area contributed by atoms with E-state index in [1.165, 1.54) is 6.20 Å². The second-order valence-corrected chi connectivity index (χ2v) is 6.79. The van der Waals surface area contributed by atoms with Crippen LogP contribution in [0.4, 0.5) is 0 Å². The minimum Gasteiger partial charge on any atom is -0.496 e. The monoisotopic (exact) mass is 490 g/mol. The maximum absolute atomic E-state index is 5.68. The van der Waals surface area contributed by atoms with E-state index in [-0.39, 0.29) is 0 Å². The first kappa shape index (κ1) is 17.3. The van der Waals surface area contributed by atoms with E-state index < -0.39 is 0 Å². The fourth-order valence-corrected chi connectivity index (χ4v) is 2.65. The fourth-order valence-electron chi connectivity index (χ4n) is 1.84. The van der Waals surface area contributed by atoms with E-state index in [9.17, 15) is 0 Å². The molecule has 0 aliphatic rings. The molecule has 1 aromatic carbocycles. The molecule has 0 amide bonds. The molecule has 0 bridgehead atoms. The summed E-state index contributed by atoms with van der Waals surface area (Å²) in [6, 6.07) is 5.82. The third-order valence-electron chi connectivity index (χ3n) is 2.86. The molecule has 1 unspecified atom stereocenters. The van der Waals surface area contributed by atoms with Crippen LogP contribution in [0.3, 0.4) is 0 Å². The molecule has 22 heavy (non-hydrogen) atoms. The molecule has 0 spiro atoms. The zero-order chi connectivity index (χ0) is 15.9. The minimum absolute atomic E-state index is 0.459. The predicted molar refractivity (Wildman–Crippen MR) is 105 cm³/mol. The van der Waals surface area contributed by atoms with Gasteiger partial charge in [0, 0.05) is 23.6 Å². The van der Waals surface area contributed by atoms with Crippen LogP contribution >= 0.6 is 44.3 Å². The largest absolute Gasteiger partial charge is 0.496 e. The molecule has 5 nitrogen and oxygen atoms in total. The number of hydrogen-bond acceptors (Lipinski definition) is 5. The van der Waals surface area contributed by atoms with E-state index in [0.717, 1.165) is 22.4 Å². The zero-order valence-corrected chi connectivity index (χ0v) is 16.4. The van der Waals surface area contributed by atoms with E-state index in [2.05, 4.69) is 52.7 Å². The highest BCUT2D eigenvalue weighted by Crippen LogP contribution is 2.31. The lowest BCUT2D eigenvalue weighted by Gasteiger charge is -2.10. The lowest BCUT2D eigenvalue weighted by Crippen LogP contribution is -1.95. The van der Waals surface area contributed by atoms with Crippen molar-refractivity contribution in [2.24, 2.45) is 10.5 Å². The lowest BCUT2D eigenvalue weighted by atomic mass is 10.0. The molecule has 0 aliphatic heterocycles. The first-order valence-electron chi connectivity index (χ1n) is 6.16. The van der Waals surface area contributed by atoms with Gasteiger partial charge in [-0.05, 0) is 55.7 Å². The van der Waals surface area contributed by atoms with Crippen molar-refractivity contribution in [3.8, 4) is 17.0 Å². The Hall–Kier alpha value is -1.05. The second-order valence-electron chi connectivity index (χ2n) is 4.10. The summed E-state index contributed by atoms with van der Waals surface area (Å²) in [6.45, 7) is 0. The number of nitrogens with two attached hydrogens (primary N) is 1. The molecule has 0 radical (unpaired) electrons. The number of nitrogens with zero attached hydrogens (tertiary/aromatic N) is 3. The number of methoxy groups -OCH3 is 1. The van der Waals surface area contributed by atoms with Gasteiger partial charge in [-0.1, -0.05) is 6.07 Å². The van der Waals surface area contributed by atoms with Crippen LogP contribution in [0.15, 0.2) is 46.2 Å². The average Bonchev–Trinajstić information content (AvgIpc) is 2.56. The summed E-state index contributed by atoms with van der Waals surface area (Å²) in [5.41, 5.74) is 9.08. The Kier molecular flexibility index (Phi) is 6.72. The second kappa shape index (κ2) is 8.55. The van der Waals surface area contributed by atoms with Gasteiger partial charge in [-0.3, -0.25) is 9.75 Å². The molecule has 0 fully saturated rings.